The van der Waals surface area contributed by atoms with Gasteiger partial charge in [-0.3, -0.25) is 18.4 Å². The van der Waals surface area contributed by atoms with Crippen LogP contribution in [0.3, 0.4) is 0 Å². The minimum atomic E-state index is -5.85. The lowest BCUT2D eigenvalue weighted by atomic mass is 9.81. The highest BCUT2D eigenvalue weighted by atomic mass is 32.2. The molecule has 7 unspecified atom stereocenters. The fourth-order valence-corrected chi connectivity index (χ4v) is 13.1. The van der Waals surface area contributed by atoms with Gasteiger partial charge in [0, 0.05) is 71.2 Å². The van der Waals surface area contributed by atoms with Gasteiger partial charge >= 0.3 is 29.2 Å². The largest absolute Gasteiger partial charge is 0.490 e. The number of aliphatic hydroxyl groups is 2. The molecule has 6 rings (SSSR count). The van der Waals surface area contributed by atoms with E-state index in [-0.39, 0.29) is 40.4 Å². The number of phosphoric ester groups is 1. The summed E-state index contributed by atoms with van der Waals surface area (Å²) in [6.07, 6.45) is 3.46. The first-order chi connectivity index (χ1) is 34.6. The van der Waals surface area contributed by atoms with Crippen molar-refractivity contribution in [2.45, 2.75) is 79.8 Å². The summed E-state index contributed by atoms with van der Waals surface area (Å²) in [6.45, 7) is 8.16. The summed E-state index contributed by atoms with van der Waals surface area (Å²) in [5, 5.41) is 36.3. The van der Waals surface area contributed by atoms with Gasteiger partial charge in [-0.25, -0.2) is 23.7 Å². The molecule has 0 aliphatic carbocycles. The van der Waals surface area contributed by atoms with Gasteiger partial charge in [0.05, 0.1) is 34.7 Å². The van der Waals surface area contributed by atoms with Crippen LogP contribution in [0, 0.1) is 0 Å². The Hall–Kier alpha value is -3.94. The van der Waals surface area contributed by atoms with E-state index in [2.05, 4.69) is 56.1 Å². The van der Waals surface area contributed by atoms with E-state index < -0.39 is 75.8 Å². The van der Waals surface area contributed by atoms with Gasteiger partial charge in [-0.1, -0.05) is 30.2 Å². The van der Waals surface area contributed by atoms with Crippen molar-refractivity contribution in [2.75, 3.05) is 48.4 Å². The first-order valence-electron chi connectivity index (χ1n) is 22.0. The number of allylic oxidation sites excluding steroid dienone is 4. The van der Waals surface area contributed by atoms with Crippen molar-refractivity contribution in [2.24, 2.45) is 0 Å². The van der Waals surface area contributed by atoms with E-state index >= 15 is 0 Å². The fraction of sp³-hybridized carbons (Fsp3) is 0.415. The highest BCUT2D eigenvalue weighted by Crippen LogP contribution is 2.66. The Labute approximate surface area is 431 Å². The van der Waals surface area contributed by atoms with Crippen LogP contribution >= 0.6 is 47.3 Å². The number of benzene rings is 2. The van der Waals surface area contributed by atoms with Crippen molar-refractivity contribution in [3.05, 3.63) is 99.8 Å². The molecule has 3 aliphatic heterocycles. The number of nitrogens with two attached hydrogens (primary N) is 1. The van der Waals surface area contributed by atoms with Crippen LogP contribution in [0.1, 0.15) is 63.0 Å². The fourth-order valence-electron chi connectivity index (χ4n) is 8.42. The van der Waals surface area contributed by atoms with E-state index in [1.165, 1.54) is 36.0 Å². The number of nitrogen functional groups attached to an aromatic ring is 1. The third-order valence-corrected chi connectivity index (χ3v) is 18.0. The molecule has 2 aromatic carbocycles. The lowest BCUT2D eigenvalue weighted by Gasteiger charge is -2.20. The summed E-state index contributed by atoms with van der Waals surface area (Å²) in [5.74, 6) is 0.0887. The molecule has 0 spiro atoms. The third kappa shape index (κ3) is 14.5. The third-order valence-electron chi connectivity index (χ3n) is 11.7. The Balaban J connectivity index is 1.05. The van der Waals surface area contributed by atoms with Crippen LogP contribution in [-0.2, 0) is 61.3 Å². The number of hydrogen-bond acceptors (Lipinski definition) is 21. The minimum absolute atomic E-state index is 0.00388. The van der Waals surface area contributed by atoms with Crippen LogP contribution in [0.2, 0.25) is 0 Å². The van der Waals surface area contributed by atoms with Crippen molar-refractivity contribution in [1.29, 1.82) is 0 Å². The summed E-state index contributed by atoms with van der Waals surface area (Å²) in [4.78, 5) is 68.5. The molecule has 1 aromatic heterocycles. The van der Waals surface area contributed by atoms with Crippen molar-refractivity contribution >= 4 is 92.3 Å². The van der Waals surface area contributed by atoms with E-state index in [4.69, 9.17) is 25.5 Å². The van der Waals surface area contributed by atoms with Crippen LogP contribution in [0.5, 0.6) is 0 Å². The molecule has 4 heterocycles. The predicted molar refractivity (Wildman–Crippen MR) is 267 cm³/mol. The van der Waals surface area contributed by atoms with Crippen LogP contribution in [0.15, 0.2) is 87.2 Å². The molecule has 27 nitrogen and oxygen atoms in total. The lowest BCUT2D eigenvalue weighted by Crippen LogP contribution is -2.36. The molecule has 11 N–H and O–H groups in total. The molecule has 74 heavy (non-hydrogen) atoms. The number of hydrogen-bond donors (Lipinski definition) is 10. The first kappa shape index (κ1) is 59.3. The number of rotatable bonds is 24. The molecule has 0 radical (unpaired) electrons. The molecule has 3 aliphatic rings. The van der Waals surface area contributed by atoms with Gasteiger partial charge in [0.25, 0.3) is 10.1 Å². The maximum Gasteiger partial charge on any atom is 0.490 e. The molecular formula is C41H54N6O21P3S3+. The molecule has 0 bridgehead atoms. The van der Waals surface area contributed by atoms with Crippen molar-refractivity contribution in [3.63, 3.8) is 0 Å². The van der Waals surface area contributed by atoms with Crippen molar-refractivity contribution < 1.29 is 98.3 Å². The Bertz CT molecular complexity index is 3060. The number of ether oxygens (including phenoxy) is 1. The molecule has 406 valence electrons. The highest BCUT2D eigenvalue weighted by molar-refractivity contribution is 7.99. The zero-order chi connectivity index (χ0) is 54.6. The molecule has 1 fully saturated rings. The van der Waals surface area contributed by atoms with Gasteiger partial charge in [-0.2, -0.15) is 38.4 Å². The summed E-state index contributed by atoms with van der Waals surface area (Å²) >= 11 is 2.26. The van der Waals surface area contributed by atoms with Gasteiger partial charge in [-0.05, 0) is 68.5 Å². The van der Waals surface area contributed by atoms with E-state index in [0.717, 1.165) is 56.0 Å². The van der Waals surface area contributed by atoms with Crippen LogP contribution in [-0.4, -0.2) is 130 Å². The standard InChI is InChI=1S/C41H53N6O21P3S3/c1-5-45-30(24(2)28-19-26(73-66-65-52)12-14-31(28)45)10-6-11-34-41(3,4)29-20-27(74(60,61)62)13-15-32(29)46(34)17-8-18-72-23-35(48)43-16-7-9-25-21-47(40(51)44-38(25)42)39-37(50)36(49)33(64-39)22-63-70(56,57)68-71(58,59)67-69(53,54)55/h6-7,9-15,19-21,24,33,36-37,39,49-50H,5,8,16-18,22-23H2,1-4H3,(H8-,42,43,44,48,51,52,53,54,55,56,57,58,59,60,61,62)/p+1. The second-order valence-electron chi connectivity index (χ2n) is 17.0. The smallest absolute Gasteiger partial charge is 0.387 e. The molecule has 0 saturated carbocycles. The van der Waals surface area contributed by atoms with Gasteiger partial charge < -0.3 is 50.5 Å². The molecular weight excluding hydrogens is 1100 g/mol. The summed E-state index contributed by atoms with van der Waals surface area (Å²) in [5.41, 5.74) is 9.81. The minimum Gasteiger partial charge on any atom is -0.387 e. The molecule has 1 amide bonds. The topological polar surface area (TPSA) is 399 Å². The van der Waals surface area contributed by atoms with Crippen molar-refractivity contribution in [1.82, 2.24) is 14.9 Å². The number of aromatic nitrogens is 2. The Kier molecular flexibility index (Phi) is 19.4. The van der Waals surface area contributed by atoms with E-state index in [1.807, 2.05) is 50.3 Å². The number of aliphatic hydroxyl groups excluding tert-OH is 2. The SMILES string of the molecule is CCN1C(=CC=CC2=[N+](CCCSCC(=O)NCC=Cc3cn(C4OC(COP(=O)(O)OP(=O)(O)OP(=O)(O)O)C(O)C4O)c(=O)nc3N)c3ccc(S(=O)(=O)O)cc3C2(C)C)C(C)c2cc(SOOO)ccc21. The first-order valence-corrected chi connectivity index (χ1v) is 29.8. The number of anilines is 2. The number of carbonyl (C=O) groups excluding carboxylic acids is 1. The maximum absolute atomic E-state index is 12.8. The summed E-state index contributed by atoms with van der Waals surface area (Å²) in [7, 11) is -21.6. The van der Waals surface area contributed by atoms with Gasteiger partial charge in [0.1, 0.15) is 30.7 Å². The number of likely N-dealkylation sites (N-methyl/N-ethyl adjacent to an activating group) is 1. The summed E-state index contributed by atoms with van der Waals surface area (Å²) in [6, 6.07) is 10.3. The number of nitrogens with zero attached hydrogens (tertiary/aromatic N) is 4. The molecule has 3 aromatic rings. The quantitative estimate of drug-likeness (QED) is 0.0116. The maximum atomic E-state index is 12.8. The predicted octanol–water partition coefficient (Wildman–Crippen LogP) is 3.88. The van der Waals surface area contributed by atoms with E-state index in [0.29, 0.717) is 30.8 Å². The van der Waals surface area contributed by atoms with Gasteiger partial charge in [0.2, 0.25) is 11.6 Å². The van der Waals surface area contributed by atoms with Crippen molar-refractivity contribution in [3.8, 4) is 0 Å². The van der Waals surface area contributed by atoms with E-state index in [1.54, 1.807) is 6.07 Å². The highest BCUT2D eigenvalue weighted by Gasteiger charge is 2.48. The Morgan fingerprint density at radius 2 is 1.78 bits per heavy atom. The number of nitrogens with one attached hydrogen (secondary N) is 1. The number of phosphoric acid groups is 3. The van der Waals surface area contributed by atoms with Crippen LogP contribution < -0.4 is 21.6 Å². The molecule has 7 atom stereocenters. The second-order valence-corrected chi connectivity index (χ2v) is 24.7. The number of fused-ring (bicyclic) bond motifs is 2. The van der Waals surface area contributed by atoms with E-state index in [9.17, 15) is 56.3 Å². The molecule has 33 heteroatoms. The zero-order valence-corrected chi connectivity index (χ0v) is 44.7. The Morgan fingerprint density at radius 3 is 2.46 bits per heavy atom. The molecule has 1 saturated heterocycles. The second kappa shape index (κ2) is 24.2. The summed E-state index contributed by atoms with van der Waals surface area (Å²) < 4.78 is 93.6. The van der Waals surface area contributed by atoms with Gasteiger partial charge in [0.15, 0.2) is 11.9 Å². The number of thioether (sulfide) groups is 1. The normalized spacial score (nSPS) is 22.9. The van der Waals surface area contributed by atoms with Crippen LogP contribution in [0.25, 0.3) is 6.08 Å². The van der Waals surface area contributed by atoms with Crippen LogP contribution in [0.4, 0.5) is 17.2 Å². The van der Waals surface area contributed by atoms with Gasteiger partial charge in [-0.15, -0.1) is 4.33 Å². The number of carbonyl (C=O) groups is 1. The zero-order valence-electron chi connectivity index (χ0n) is 39.6. The Morgan fingerprint density at radius 1 is 1.05 bits per heavy atom. The average molecular weight is 1160 g/mol. The lowest BCUT2D eigenvalue weighted by molar-refractivity contribution is -0.437. The monoisotopic (exact) mass is 1160 g/mol. The average Bonchev–Trinajstić information content (AvgIpc) is 3.82. The number of amides is 1.